The van der Waals surface area contributed by atoms with Gasteiger partial charge in [0.15, 0.2) is 0 Å². The van der Waals surface area contributed by atoms with E-state index in [1.807, 2.05) is 6.07 Å². The predicted octanol–water partition coefficient (Wildman–Crippen LogP) is 4.57. The minimum atomic E-state index is -0.0409. The number of aryl methyl sites for hydroxylation is 1. The Kier molecular flexibility index (Phi) is 5.51. The summed E-state index contributed by atoms with van der Waals surface area (Å²) >= 11 is 0. The maximum Gasteiger partial charge on any atom is 0.126 e. The minimum absolute atomic E-state index is 0.0409. The first-order chi connectivity index (χ1) is 7.65. The predicted molar refractivity (Wildman–Crippen MR) is 67.9 cm³/mol. The molecule has 0 aliphatic carbocycles. The summed E-state index contributed by atoms with van der Waals surface area (Å²) in [4.78, 5) is 0. The molecule has 1 rings (SSSR count). The highest BCUT2D eigenvalue weighted by Gasteiger charge is 2.09. The van der Waals surface area contributed by atoms with Gasteiger partial charge in [-0.05, 0) is 42.4 Å². The molecule has 0 fully saturated rings. The Morgan fingerprint density at radius 3 is 2.62 bits per heavy atom. The van der Waals surface area contributed by atoms with Crippen molar-refractivity contribution in [3.63, 3.8) is 0 Å². The second-order valence-corrected chi connectivity index (χ2v) is 4.79. The minimum Gasteiger partial charge on any atom is -0.207 e. The molecule has 16 heavy (non-hydrogen) atoms. The fourth-order valence-corrected chi connectivity index (χ4v) is 1.97. The molecule has 1 radical (unpaired) electrons. The van der Waals surface area contributed by atoms with Crippen LogP contribution in [0.5, 0.6) is 0 Å². The number of hydrogen-bond donors (Lipinski definition) is 0. The van der Waals surface area contributed by atoms with Crippen molar-refractivity contribution < 1.29 is 4.39 Å². The van der Waals surface area contributed by atoms with Gasteiger partial charge in [-0.3, -0.25) is 0 Å². The zero-order valence-electron chi connectivity index (χ0n) is 10.4. The van der Waals surface area contributed by atoms with Crippen LogP contribution < -0.4 is 0 Å². The summed E-state index contributed by atoms with van der Waals surface area (Å²) in [5, 5.41) is 0. The Hall–Kier alpha value is -0.850. The van der Waals surface area contributed by atoms with Crippen LogP contribution in [0.2, 0.25) is 0 Å². The Labute approximate surface area is 98.9 Å². The second-order valence-electron chi connectivity index (χ2n) is 4.79. The van der Waals surface area contributed by atoms with Gasteiger partial charge in [0.25, 0.3) is 0 Å². The van der Waals surface area contributed by atoms with Crippen LogP contribution in [0.4, 0.5) is 4.39 Å². The Morgan fingerprint density at radius 1 is 1.25 bits per heavy atom. The highest BCUT2D eigenvalue weighted by atomic mass is 19.1. The summed E-state index contributed by atoms with van der Waals surface area (Å²) in [6.45, 7) is 8.09. The lowest BCUT2D eigenvalue weighted by Gasteiger charge is -2.12. The van der Waals surface area contributed by atoms with E-state index in [1.165, 1.54) is 5.56 Å². The van der Waals surface area contributed by atoms with Crippen LogP contribution in [-0.4, -0.2) is 0 Å². The number of rotatable bonds is 6. The summed E-state index contributed by atoms with van der Waals surface area (Å²) in [5.74, 6) is 0.462. The third-order valence-corrected chi connectivity index (χ3v) is 2.77. The maximum absolute atomic E-state index is 13.7. The third-order valence-electron chi connectivity index (χ3n) is 2.77. The molecule has 0 N–H and O–H groups in total. The molecule has 0 nitrogen and oxygen atoms in total. The van der Waals surface area contributed by atoms with Crippen molar-refractivity contribution in [2.45, 2.75) is 46.0 Å². The van der Waals surface area contributed by atoms with Crippen LogP contribution in [0.1, 0.15) is 44.2 Å². The van der Waals surface area contributed by atoms with E-state index in [1.54, 1.807) is 6.07 Å². The van der Waals surface area contributed by atoms with Crippen molar-refractivity contribution >= 4 is 0 Å². The maximum atomic E-state index is 13.7. The monoisotopic (exact) mass is 221 g/mol. The van der Waals surface area contributed by atoms with Crippen molar-refractivity contribution in [3.05, 3.63) is 42.1 Å². The first-order valence-electron chi connectivity index (χ1n) is 6.20. The topological polar surface area (TPSA) is 0 Å². The first kappa shape index (κ1) is 13.2. The first-order valence-corrected chi connectivity index (χ1v) is 6.20. The molecule has 0 amide bonds. The van der Waals surface area contributed by atoms with E-state index >= 15 is 0 Å². The fourth-order valence-electron chi connectivity index (χ4n) is 1.97. The second kappa shape index (κ2) is 6.67. The summed E-state index contributed by atoms with van der Waals surface area (Å²) < 4.78 is 13.7. The van der Waals surface area contributed by atoms with Crippen molar-refractivity contribution in [2.24, 2.45) is 5.92 Å². The summed E-state index contributed by atoms with van der Waals surface area (Å²) in [5.41, 5.74) is 2.10. The molecule has 0 unspecified atom stereocenters. The fraction of sp³-hybridized carbons (Fsp3) is 0.533. The number of hydrogen-bond acceptors (Lipinski definition) is 0. The van der Waals surface area contributed by atoms with Crippen molar-refractivity contribution in [2.75, 3.05) is 0 Å². The summed E-state index contributed by atoms with van der Waals surface area (Å²) in [7, 11) is 0. The van der Waals surface area contributed by atoms with Crippen LogP contribution in [-0.2, 0) is 12.8 Å². The molecular formula is C15H22F. The molecule has 0 spiro atoms. The highest BCUT2D eigenvalue weighted by molar-refractivity contribution is 5.29. The van der Waals surface area contributed by atoms with Gasteiger partial charge in [0, 0.05) is 0 Å². The van der Waals surface area contributed by atoms with Crippen LogP contribution in [0.25, 0.3) is 0 Å². The van der Waals surface area contributed by atoms with Crippen LogP contribution >= 0.6 is 0 Å². The molecule has 1 aromatic rings. The zero-order chi connectivity index (χ0) is 12.0. The average molecular weight is 221 g/mol. The summed E-state index contributed by atoms with van der Waals surface area (Å²) in [6, 6.07) is 5.45. The number of halogens is 1. The Balaban J connectivity index is 2.76. The van der Waals surface area contributed by atoms with Gasteiger partial charge in [-0.15, -0.1) is 0 Å². The van der Waals surface area contributed by atoms with E-state index in [0.29, 0.717) is 5.92 Å². The lowest BCUT2D eigenvalue weighted by atomic mass is 9.94. The van der Waals surface area contributed by atoms with Crippen molar-refractivity contribution in [1.82, 2.24) is 0 Å². The highest BCUT2D eigenvalue weighted by Crippen LogP contribution is 2.19. The Bertz CT molecular complexity index is 315. The van der Waals surface area contributed by atoms with Gasteiger partial charge in [0.1, 0.15) is 5.82 Å². The van der Waals surface area contributed by atoms with E-state index in [-0.39, 0.29) is 5.82 Å². The van der Waals surface area contributed by atoms with E-state index in [2.05, 4.69) is 26.8 Å². The van der Waals surface area contributed by atoms with Gasteiger partial charge >= 0.3 is 0 Å². The van der Waals surface area contributed by atoms with Crippen LogP contribution in [0.15, 0.2) is 18.2 Å². The molecule has 0 aromatic heterocycles. The molecule has 1 aromatic carbocycles. The average Bonchev–Trinajstić information content (AvgIpc) is 2.23. The van der Waals surface area contributed by atoms with Gasteiger partial charge in [0.2, 0.25) is 0 Å². The third kappa shape index (κ3) is 3.96. The zero-order valence-corrected chi connectivity index (χ0v) is 10.4. The Morgan fingerprint density at radius 2 is 2.00 bits per heavy atom. The molecule has 0 aliphatic rings. The van der Waals surface area contributed by atoms with Crippen LogP contribution in [0.3, 0.4) is 0 Å². The smallest absolute Gasteiger partial charge is 0.126 e. The van der Waals surface area contributed by atoms with Gasteiger partial charge in [-0.25, -0.2) is 4.39 Å². The quantitative estimate of drug-likeness (QED) is 0.617. The molecule has 0 saturated heterocycles. The normalized spacial score (nSPS) is 11.1. The molecule has 0 aliphatic heterocycles. The van der Waals surface area contributed by atoms with Crippen molar-refractivity contribution in [3.8, 4) is 0 Å². The largest absolute Gasteiger partial charge is 0.207 e. The van der Waals surface area contributed by atoms with E-state index < -0.39 is 0 Å². The van der Waals surface area contributed by atoms with Crippen molar-refractivity contribution in [1.29, 1.82) is 0 Å². The van der Waals surface area contributed by atoms with Gasteiger partial charge in [-0.1, -0.05) is 45.7 Å². The molecule has 89 valence electrons. The molecule has 0 atom stereocenters. The van der Waals surface area contributed by atoms with E-state index in [9.17, 15) is 4.39 Å². The number of benzene rings is 1. The van der Waals surface area contributed by atoms with E-state index in [0.717, 1.165) is 37.7 Å². The lowest BCUT2D eigenvalue weighted by molar-refractivity contribution is 0.567. The lowest BCUT2D eigenvalue weighted by Crippen LogP contribution is -2.03. The molecule has 0 heterocycles. The standard InChI is InChI=1S/C15H22F/c1-4-5-6-8-13-9-7-10-15(16)14(13)11-12(2)3/h7,9-10,12H,1,4-6,8,11H2,2-3H3. The van der Waals surface area contributed by atoms with Gasteiger partial charge in [-0.2, -0.15) is 0 Å². The SMILES string of the molecule is [CH2]CCCCc1cccc(F)c1CC(C)C. The van der Waals surface area contributed by atoms with Gasteiger partial charge in [0.05, 0.1) is 0 Å². The summed E-state index contributed by atoms with van der Waals surface area (Å²) in [6.07, 6.45) is 5.02. The number of unbranched alkanes of at least 4 members (excludes halogenated alkanes) is 2. The molecule has 0 saturated carbocycles. The molecule has 0 bridgehead atoms. The van der Waals surface area contributed by atoms with E-state index in [4.69, 9.17) is 0 Å². The van der Waals surface area contributed by atoms with Gasteiger partial charge < -0.3 is 0 Å². The van der Waals surface area contributed by atoms with Crippen LogP contribution in [0, 0.1) is 18.7 Å². The molecule has 1 heteroatoms. The molecular weight excluding hydrogens is 199 g/mol.